The molecule has 0 atom stereocenters. The number of amides is 1. The molecule has 6 nitrogen and oxygen atoms in total. The molecule has 2 heterocycles. The predicted molar refractivity (Wildman–Crippen MR) is 101 cm³/mol. The average Bonchev–Trinajstić information content (AvgIpc) is 3.33. The zero-order valence-corrected chi connectivity index (χ0v) is 15.2. The summed E-state index contributed by atoms with van der Waals surface area (Å²) in [5.74, 6) is 0.236. The van der Waals surface area contributed by atoms with E-state index in [1.807, 2.05) is 31.3 Å². The maximum Gasteiger partial charge on any atom is 0.294 e. The van der Waals surface area contributed by atoms with Crippen LogP contribution in [0, 0.1) is 5.92 Å². The molecule has 1 saturated carbocycles. The standard InChI is InChI=1S/C19H19ClN4O2/c1-2-21-18(25)15-10-23-11-16(13-4-3-5-14(20)8-13)24(9-12-6-7-12)19(26)17(23)22-15/h3-5,8,10-12H,2,6-7,9H2,1H3,(H,21,25). The Bertz CT molecular complexity index is 1050. The van der Waals surface area contributed by atoms with Crippen LogP contribution < -0.4 is 10.9 Å². The number of nitrogens with one attached hydrogen (secondary N) is 1. The van der Waals surface area contributed by atoms with Crippen LogP contribution in [0.4, 0.5) is 0 Å². The highest BCUT2D eigenvalue weighted by atomic mass is 35.5. The van der Waals surface area contributed by atoms with Gasteiger partial charge in [-0.05, 0) is 37.8 Å². The second kappa shape index (κ2) is 6.61. The van der Waals surface area contributed by atoms with Crippen LogP contribution in [0.5, 0.6) is 0 Å². The maximum absolute atomic E-state index is 13.1. The van der Waals surface area contributed by atoms with E-state index in [-0.39, 0.29) is 22.8 Å². The van der Waals surface area contributed by atoms with E-state index in [9.17, 15) is 9.59 Å². The first-order chi connectivity index (χ1) is 12.6. The van der Waals surface area contributed by atoms with Gasteiger partial charge < -0.3 is 9.88 Å². The fourth-order valence-electron chi connectivity index (χ4n) is 3.06. The van der Waals surface area contributed by atoms with Crippen molar-refractivity contribution in [1.82, 2.24) is 19.3 Å². The summed E-state index contributed by atoms with van der Waals surface area (Å²) in [5, 5.41) is 3.32. The van der Waals surface area contributed by atoms with E-state index in [1.54, 1.807) is 21.2 Å². The molecule has 1 aliphatic carbocycles. The van der Waals surface area contributed by atoms with E-state index in [1.165, 1.54) is 0 Å². The number of carbonyl (C=O) groups excluding carboxylic acids is 1. The minimum Gasteiger partial charge on any atom is -0.351 e. The van der Waals surface area contributed by atoms with Gasteiger partial charge in [0.05, 0.1) is 5.69 Å². The lowest BCUT2D eigenvalue weighted by Crippen LogP contribution is -2.25. The summed E-state index contributed by atoms with van der Waals surface area (Å²) in [6, 6.07) is 7.43. The molecule has 0 radical (unpaired) electrons. The van der Waals surface area contributed by atoms with Crippen LogP contribution in [0.1, 0.15) is 30.3 Å². The number of benzene rings is 1. The lowest BCUT2D eigenvalue weighted by Gasteiger charge is -2.13. The van der Waals surface area contributed by atoms with Crippen molar-refractivity contribution in [2.75, 3.05) is 6.54 Å². The van der Waals surface area contributed by atoms with E-state index < -0.39 is 0 Å². The Morgan fingerprint density at radius 3 is 2.85 bits per heavy atom. The molecule has 0 bridgehead atoms. The number of fused-ring (bicyclic) bond motifs is 1. The normalized spacial score (nSPS) is 13.9. The minimum atomic E-state index is -0.284. The summed E-state index contributed by atoms with van der Waals surface area (Å²) >= 11 is 6.14. The van der Waals surface area contributed by atoms with Crippen LogP contribution in [0.15, 0.2) is 41.5 Å². The van der Waals surface area contributed by atoms with Crippen molar-refractivity contribution < 1.29 is 4.79 Å². The van der Waals surface area contributed by atoms with Gasteiger partial charge in [-0.15, -0.1) is 0 Å². The van der Waals surface area contributed by atoms with Crippen LogP contribution in [0.2, 0.25) is 5.02 Å². The van der Waals surface area contributed by atoms with E-state index in [0.717, 1.165) is 24.1 Å². The number of aromatic nitrogens is 3. The molecule has 4 rings (SSSR count). The predicted octanol–water partition coefficient (Wildman–Crippen LogP) is 2.98. The number of carbonyl (C=O) groups is 1. The molecule has 1 aliphatic rings. The van der Waals surface area contributed by atoms with Gasteiger partial charge in [-0.2, -0.15) is 0 Å². The molecule has 0 unspecified atom stereocenters. The van der Waals surface area contributed by atoms with Gasteiger partial charge in [0.15, 0.2) is 0 Å². The first kappa shape index (κ1) is 16.8. The van der Waals surface area contributed by atoms with Crippen LogP contribution in [0.3, 0.4) is 0 Å². The Hall–Kier alpha value is -2.60. The third kappa shape index (κ3) is 3.12. The third-order valence-corrected chi connectivity index (χ3v) is 4.78. The van der Waals surface area contributed by atoms with Gasteiger partial charge in [0.25, 0.3) is 11.5 Å². The molecule has 0 saturated heterocycles. The zero-order valence-electron chi connectivity index (χ0n) is 14.4. The van der Waals surface area contributed by atoms with E-state index in [2.05, 4.69) is 10.3 Å². The first-order valence-electron chi connectivity index (χ1n) is 8.73. The Balaban J connectivity index is 1.91. The zero-order chi connectivity index (χ0) is 18.3. The number of hydrogen-bond acceptors (Lipinski definition) is 3. The maximum atomic E-state index is 13.1. The SMILES string of the molecule is CCNC(=O)c1cn2cc(-c3cccc(Cl)c3)n(CC3CC3)c(=O)c2n1. The van der Waals surface area contributed by atoms with Gasteiger partial charge in [0, 0.05) is 36.1 Å². The summed E-state index contributed by atoms with van der Waals surface area (Å²) in [6.07, 6.45) is 5.70. The van der Waals surface area contributed by atoms with Crippen LogP contribution in [0.25, 0.3) is 16.9 Å². The quantitative estimate of drug-likeness (QED) is 0.750. The fraction of sp³-hybridized carbons (Fsp3) is 0.316. The second-order valence-corrected chi connectivity index (χ2v) is 7.04. The summed E-state index contributed by atoms with van der Waals surface area (Å²) in [4.78, 5) is 29.4. The molecule has 0 spiro atoms. The largest absolute Gasteiger partial charge is 0.351 e. The van der Waals surface area contributed by atoms with Crippen LogP contribution in [-0.4, -0.2) is 26.4 Å². The minimum absolute atomic E-state index is 0.190. The van der Waals surface area contributed by atoms with Crippen molar-refractivity contribution in [1.29, 1.82) is 0 Å². The van der Waals surface area contributed by atoms with Gasteiger partial charge in [0.1, 0.15) is 5.69 Å². The molecule has 1 N–H and O–H groups in total. The lowest BCUT2D eigenvalue weighted by atomic mass is 10.1. The number of hydrogen-bond donors (Lipinski definition) is 1. The monoisotopic (exact) mass is 370 g/mol. The molecule has 0 aliphatic heterocycles. The Morgan fingerprint density at radius 1 is 1.35 bits per heavy atom. The lowest BCUT2D eigenvalue weighted by molar-refractivity contribution is 0.0951. The molecular weight excluding hydrogens is 352 g/mol. The smallest absolute Gasteiger partial charge is 0.294 e. The number of halogens is 1. The highest BCUT2D eigenvalue weighted by Gasteiger charge is 2.25. The van der Waals surface area contributed by atoms with Crippen LogP contribution in [-0.2, 0) is 6.54 Å². The Labute approximate surface area is 155 Å². The van der Waals surface area contributed by atoms with Gasteiger partial charge >= 0.3 is 0 Å². The van der Waals surface area contributed by atoms with Crippen molar-refractivity contribution in [3.63, 3.8) is 0 Å². The molecule has 1 fully saturated rings. The van der Waals surface area contributed by atoms with E-state index in [4.69, 9.17) is 11.6 Å². The summed E-state index contributed by atoms with van der Waals surface area (Å²) < 4.78 is 3.39. The summed E-state index contributed by atoms with van der Waals surface area (Å²) in [6.45, 7) is 3.00. The van der Waals surface area contributed by atoms with E-state index >= 15 is 0 Å². The molecule has 2 aromatic heterocycles. The topological polar surface area (TPSA) is 68.4 Å². The Morgan fingerprint density at radius 2 is 2.15 bits per heavy atom. The highest BCUT2D eigenvalue weighted by Crippen LogP contribution is 2.32. The van der Waals surface area contributed by atoms with Gasteiger partial charge in [-0.1, -0.05) is 23.7 Å². The number of imidazole rings is 1. The van der Waals surface area contributed by atoms with Gasteiger partial charge in [0.2, 0.25) is 5.65 Å². The summed E-state index contributed by atoms with van der Waals surface area (Å²) in [7, 11) is 0. The number of rotatable bonds is 5. The molecular formula is C19H19ClN4O2. The van der Waals surface area contributed by atoms with Crippen molar-refractivity contribution in [3.05, 3.63) is 57.7 Å². The van der Waals surface area contributed by atoms with Crippen molar-refractivity contribution >= 4 is 23.2 Å². The highest BCUT2D eigenvalue weighted by molar-refractivity contribution is 6.30. The fourth-order valence-corrected chi connectivity index (χ4v) is 3.25. The van der Waals surface area contributed by atoms with Crippen molar-refractivity contribution in [2.45, 2.75) is 26.3 Å². The van der Waals surface area contributed by atoms with Gasteiger partial charge in [-0.3, -0.25) is 14.0 Å². The molecule has 134 valence electrons. The average molecular weight is 371 g/mol. The van der Waals surface area contributed by atoms with Crippen molar-refractivity contribution in [2.24, 2.45) is 5.92 Å². The van der Waals surface area contributed by atoms with Gasteiger partial charge in [-0.25, -0.2) is 4.98 Å². The molecule has 3 aromatic rings. The second-order valence-electron chi connectivity index (χ2n) is 6.60. The first-order valence-corrected chi connectivity index (χ1v) is 9.11. The summed E-state index contributed by atoms with van der Waals surface area (Å²) in [5.41, 5.74) is 1.95. The molecule has 26 heavy (non-hydrogen) atoms. The third-order valence-electron chi connectivity index (χ3n) is 4.55. The van der Waals surface area contributed by atoms with Crippen molar-refractivity contribution in [3.8, 4) is 11.3 Å². The molecule has 7 heteroatoms. The van der Waals surface area contributed by atoms with E-state index in [0.29, 0.717) is 24.0 Å². The van der Waals surface area contributed by atoms with Crippen LogP contribution >= 0.6 is 11.6 Å². The molecule has 1 amide bonds. The molecule has 1 aromatic carbocycles. The number of nitrogens with zero attached hydrogens (tertiary/aromatic N) is 3. The Kier molecular flexibility index (Phi) is 4.28.